The van der Waals surface area contributed by atoms with E-state index < -0.39 is 0 Å². The molecule has 1 rings (SSSR count). The van der Waals surface area contributed by atoms with Crippen molar-refractivity contribution in [1.29, 1.82) is 0 Å². The second-order valence-electron chi connectivity index (χ2n) is 3.44. The molecule has 4 nitrogen and oxygen atoms in total. The molecule has 0 fully saturated rings. The van der Waals surface area contributed by atoms with E-state index in [4.69, 9.17) is 14.3 Å². The van der Waals surface area contributed by atoms with Gasteiger partial charge in [-0.3, -0.25) is 0 Å². The number of aryl methyl sites for hydroxylation is 1. The first kappa shape index (κ1) is 12.2. The Hall–Kier alpha value is -0.840. The Balaban J connectivity index is 2.34. The fraction of sp³-hybridized carbons (Fsp3) is 0.636. The minimum atomic E-state index is -0.0369. The summed E-state index contributed by atoms with van der Waals surface area (Å²) in [7, 11) is 1.62. The van der Waals surface area contributed by atoms with Crippen molar-refractivity contribution in [3.63, 3.8) is 0 Å². The standard InChI is InChI=1S/C11H19NO3/c1-3-10-4-5-11(15-10)6-12-9(7-13)8-14-2/h4-5,9,12-13H,3,6-8H2,1-2H3. The highest BCUT2D eigenvalue weighted by Crippen LogP contribution is 2.08. The van der Waals surface area contributed by atoms with Crippen molar-refractivity contribution < 1.29 is 14.3 Å². The Labute approximate surface area is 90.2 Å². The van der Waals surface area contributed by atoms with Gasteiger partial charge in [-0.1, -0.05) is 6.92 Å². The largest absolute Gasteiger partial charge is 0.465 e. The minimum Gasteiger partial charge on any atom is -0.465 e. The van der Waals surface area contributed by atoms with E-state index in [1.54, 1.807) is 7.11 Å². The number of hydrogen-bond acceptors (Lipinski definition) is 4. The lowest BCUT2D eigenvalue weighted by Crippen LogP contribution is -2.35. The molecule has 0 aliphatic heterocycles. The maximum atomic E-state index is 9.01. The van der Waals surface area contributed by atoms with Gasteiger partial charge in [0.05, 0.1) is 25.8 Å². The van der Waals surface area contributed by atoms with Crippen LogP contribution < -0.4 is 5.32 Å². The first-order valence-electron chi connectivity index (χ1n) is 5.21. The normalized spacial score (nSPS) is 13.0. The zero-order valence-corrected chi connectivity index (χ0v) is 9.32. The smallest absolute Gasteiger partial charge is 0.117 e. The maximum absolute atomic E-state index is 9.01. The molecular weight excluding hydrogens is 194 g/mol. The SMILES string of the molecule is CCc1ccc(CNC(CO)COC)o1. The molecule has 1 unspecified atom stereocenters. The molecule has 1 heterocycles. The third-order valence-corrected chi connectivity index (χ3v) is 2.22. The van der Waals surface area contributed by atoms with Gasteiger partial charge in [-0.05, 0) is 12.1 Å². The van der Waals surface area contributed by atoms with Crippen molar-refractivity contribution in [2.75, 3.05) is 20.3 Å². The fourth-order valence-electron chi connectivity index (χ4n) is 1.33. The molecule has 0 aliphatic carbocycles. The molecule has 0 radical (unpaired) electrons. The quantitative estimate of drug-likeness (QED) is 0.707. The fourth-order valence-corrected chi connectivity index (χ4v) is 1.33. The number of aliphatic hydroxyl groups is 1. The Morgan fingerprint density at radius 1 is 1.47 bits per heavy atom. The molecule has 0 aliphatic rings. The summed E-state index contributed by atoms with van der Waals surface area (Å²) < 4.78 is 10.5. The van der Waals surface area contributed by atoms with Gasteiger partial charge in [-0.2, -0.15) is 0 Å². The molecule has 86 valence electrons. The molecule has 2 N–H and O–H groups in total. The lowest BCUT2D eigenvalue weighted by Gasteiger charge is -2.13. The van der Waals surface area contributed by atoms with Crippen molar-refractivity contribution in [3.05, 3.63) is 23.7 Å². The highest BCUT2D eigenvalue weighted by Gasteiger charge is 2.07. The predicted molar refractivity (Wildman–Crippen MR) is 57.7 cm³/mol. The predicted octanol–water partition coefficient (Wildman–Crippen LogP) is 0.939. The summed E-state index contributed by atoms with van der Waals surface area (Å²) in [5.41, 5.74) is 0. The summed E-state index contributed by atoms with van der Waals surface area (Å²) in [5, 5.41) is 12.2. The van der Waals surface area contributed by atoms with Crippen LogP contribution in [0.2, 0.25) is 0 Å². The van der Waals surface area contributed by atoms with Gasteiger partial charge in [-0.25, -0.2) is 0 Å². The molecule has 1 atom stereocenters. The summed E-state index contributed by atoms with van der Waals surface area (Å²) in [5.74, 6) is 1.88. The van der Waals surface area contributed by atoms with Gasteiger partial charge in [-0.15, -0.1) is 0 Å². The van der Waals surface area contributed by atoms with Crippen molar-refractivity contribution in [2.45, 2.75) is 25.9 Å². The molecule has 1 aromatic rings. The average Bonchev–Trinajstić information content (AvgIpc) is 2.72. The van der Waals surface area contributed by atoms with Gasteiger partial charge in [0.15, 0.2) is 0 Å². The van der Waals surface area contributed by atoms with Crippen molar-refractivity contribution in [3.8, 4) is 0 Å². The van der Waals surface area contributed by atoms with E-state index >= 15 is 0 Å². The van der Waals surface area contributed by atoms with Crippen LogP contribution in [0.25, 0.3) is 0 Å². The van der Waals surface area contributed by atoms with E-state index in [-0.39, 0.29) is 12.6 Å². The van der Waals surface area contributed by atoms with E-state index in [1.165, 1.54) is 0 Å². The van der Waals surface area contributed by atoms with Gasteiger partial charge in [0.2, 0.25) is 0 Å². The molecule has 0 aromatic carbocycles. The zero-order chi connectivity index (χ0) is 11.1. The van der Waals surface area contributed by atoms with Crippen LogP contribution in [0.15, 0.2) is 16.5 Å². The van der Waals surface area contributed by atoms with Gasteiger partial charge >= 0.3 is 0 Å². The molecule has 0 saturated carbocycles. The van der Waals surface area contributed by atoms with Crippen molar-refractivity contribution in [2.24, 2.45) is 0 Å². The Bertz CT molecular complexity index is 273. The molecule has 4 heteroatoms. The average molecular weight is 213 g/mol. The third-order valence-electron chi connectivity index (χ3n) is 2.22. The summed E-state index contributed by atoms with van der Waals surface area (Å²) in [6.07, 6.45) is 0.904. The highest BCUT2D eigenvalue weighted by molar-refractivity contribution is 5.06. The van der Waals surface area contributed by atoms with Gasteiger partial charge in [0.25, 0.3) is 0 Å². The van der Waals surface area contributed by atoms with Gasteiger partial charge in [0.1, 0.15) is 11.5 Å². The highest BCUT2D eigenvalue weighted by atomic mass is 16.5. The second-order valence-corrected chi connectivity index (χ2v) is 3.44. The topological polar surface area (TPSA) is 54.6 Å². The van der Waals surface area contributed by atoms with Crippen LogP contribution in [0, 0.1) is 0 Å². The number of nitrogens with one attached hydrogen (secondary N) is 1. The first-order valence-corrected chi connectivity index (χ1v) is 5.21. The van der Waals surface area contributed by atoms with E-state index in [9.17, 15) is 0 Å². The first-order chi connectivity index (χ1) is 7.30. The van der Waals surface area contributed by atoms with Crippen LogP contribution in [0.1, 0.15) is 18.4 Å². The van der Waals surface area contributed by atoms with Gasteiger partial charge < -0.3 is 19.6 Å². The van der Waals surface area contributed by atoms with Crippen LogP contribution in [-0.2, 0) is 17.7 Å². The van der Waals surface area contributed by atoms with Crippen LogP contribution in [-0.4, -0.2) is 31.5 Å². The summed E-state index contributed by atoms with van der Waals surface area (Å²) in [4.78, 5) is 0. The molecule has 0 saturated heterocycles. The van der Waals surface area contributed by atoms with Crippen LogP contribution in [0.4, 0.5) is 0 Å². The lowest BCUT2D eigenvalue weighted by atomic mass is 10.3. The summed E-state index contributed by atoms with van der Waals surface area (Å²) in [6.45, 7) is 3.24. The molecule has 0 amide bonds. The summed E-state index contributed by atoms with van der Waals surface area (Å²) >= 11 is 0. The number of rotatable bonds is 7. The van der Waals surface area contributed by atoms with Crippen LogP contribution >= 0.6 is 0 Å². The number of methoxy groups -OCH3 is 1. The Kier molecular flexibility index (Phi) is 5.39. The number of aliphatic hydroxyl groups excluding tert-OH is 1. The number of furan rings is 1. The van der Waals surface area contributed by atoms with E-state index in [1.807, 2.05) is 12.1 Å². The monoisotopic (exact) mass is 213 g/mol. The van der Waals surface area contributed by atoms with Crippen molar-refractivity contribution in [1.82, 2.24) is 5.32 Å². The van der Waals surface area contributed by atoms with Crippen LogP contribution in [0.3, 0.4) is 0 Å². The second kappa shape index (κ2) is 6.61. The van der Waals surface area contributed by atoms with E-state index in [0.717, 1.165) is 17.9 Å². The molecular formula is C11H19NO3. The minimum absolute atomic E-state index is 0.0369. The molecule has 1 aromatic heterocycles. The lowest BCUT2D eigenvalue weighted by molar-refractivity contribution is 0.127. The van der Waals surface area contributed by atoms with E-state index in [2.05, 4.69) is 12.2 Å². The number of hydrogen-bond donors (Lipinski definition) is 2. The van der Waals surface area contributed by atoms with Gasteiger partial charge in [0, 0.05) is 13.5 Å². The molecule has 0 bridgehead atoms. The molecule has 0 spiro atoms. The summed E-state index contributed by atoms with van der Waals surface area (Å²) in [6, 6.07) is 3.89. The Morgan fingerprint density at radius 3 is 2.73 bits per heavy atom. The van der Waals surface area contributed by atoms with Crippen LogP contribution in [0.5, 0.6) is 0 Å². The van der Waals surface area contributed by atoms with Crippen molar-refractivity contribution >= 4 is 0 Å². The molecule has 15 heavy (non-hydrogen) atoms. The third kappa shape index (κ3) is 4.03. The zero-order valence-electron chi connectivity index (χ0n) is 9.32. The Morgan fingerprint density at radius 2 is 2.20 bits per heavy atom. The number of ether oxygens (including phenoxy) is 1. The maximum Gasteiger partial charge on any atom is 0.117 e. The van der Waals surface area contributed by atoms with E-state index in [0.29, 0.717) is 13.2 Å².